The predicted octanol–water partition coefficient (Wildman–Crippen LogP) is 3.49. The van der Waals surface area contributed by atoms with E-state index in [2.05, 4.69) is 18.8 Å². The first kappa shape index (κ1) is 13.6. The number of hydrogen-bond donors (Lipinski definition) is 0. The summed E-state index contributed by atoms with van der Waals surface area (Å²) < 4.78 is 10.4. The Hall–Kier alpha value is -1.84. The average Bonchev–Trinajstić information content (AvgIpc) is 2.43. The second-order valence-corrected chi connectivity index (χ2v) is 4.67. The molecule has 1 aromatic heterocycles. The Balaban J connectivity index is 2.56. The van der Waals surface area contributed by atoms with Gasteiger partial charge in [-0.05, 0) is 30.4 Å². The van der Waals surface area contributed by atoms with E-state index in [-0.39, 0.29) is 11.7 Å². The van der Waals surface area contributed by atoms with Gasteiger partial charge in [-0.1, -0.05) is 32.9 Å². The van der Waals surface area contributed by atoms with Gasteiger partial charge in [-0.25, -0.2) is 4.79 Å². The maximum absolute atomic E-state index is 12.1. The zero-order valence-corrected chi connectivity index (χ0v) is 11.6. The average molecular weight is 261 g/mol. The Morgan fingerprint density at radius 3 is 2.84 bits per heavy atom. The van der Waals surface area contributed by atoms with Gasteiger partial charge in [0.1, 0.15) is 0 Å². The Bertz CT molecular complexity index is 618. The number of benzene rings is 1. The Labute approximate surface area is 112 Å². The third-order valence-corrected chi connectivity index (χ3v) is 3.24. The normalized spacial score (nSPS) is 12.6. The summed E-state index contributed by atoms with van der Waals surface area (Å²) in [6, 6.07) is 5.69. The van der Waals surface area contributed by atoms with Crippen molar-refractivity contribution in [1.29, 1.82) is 0 Å². The van der Waals surface area contributed by atoms with Crippen LogP contribution in [0.1, 0.15) is 45.1 Å². The molecule has 4 heteroatoms. The molecule has 0 radical (unpaired) electrons. The molecule has 0 N–H and O–H groups in total. The second kappa shape index (κ2) is 5.87. The summed E-state index contributed by atoms with van der Waals surface area (Å²) in [4.78, 5) is 16.4. The van der Waals surface area contributed by atoms with Crippen molar-refractivity contribution in [3.8, 4) is 6.08 Å². The van der Waals surface area contributed by atoms with Gasteiger partial charge >= 0.3 is 11.7 Å². The highest BCUT2D eigenvalue weighted by atomic mass is 16.6. The first-order chi connectivity index (χ1) is 9.17. The fraction of sp³-hybridized carbons (Fsp3) is 0.467. The molecule has 102 valence electrons. The van der Waals surface area contributed by atoms with E-state index in [0.717, 1.165) is 18.4 Å². The molecule has 0 aliphatic heterocycles. The standard InChI is InChI=1S/C15H19NO3/c1-4-9-18-15-16-12-8-6-7-11(10(3)5-2)13(12)14(17)19-15/h6-8,10H,4-5,9H2,1-3H3. The molecule has 0 aliphatic rings. The summed E-state index contributed by atoms with van der Waals surface area (Å²) in [7, 11) is 0. The molecule has 0 fully saturated rings. The maximum atomic E-state index is 12.1. The maximum Gasteiger partial charge on any atom is 0.397 e. The van der Waals surface area contributed by atoms with E-state index in [4.69, 9.17) is 9.15 Å². The van der Waals surface area contributed by atoms with Gasteiger partial charge in [-0.3, -0.25) is 0 Å². The van der Waals surface area contributed by atoms with Gasteiger partial charge in [0.05, 0.1) is 17.5 Å². The van der Waals surface area contributed by atoms with Gasteiger partial charge in [0, 0.05) is 0 Å². The Morgan fingerprint density at radius 1 is 1.37 bits per heavy atom. The van der Waals surface area contributed by atoms with E-state index in [9.17, 15) is 4.79 Å². The van der Waals surface area contributed by atoms with Gasteiger partial charge in [-0.2, -0.15) is 4.98 Å². The Morgan fingerprint density at radius 2 is 2.16 bits per heavy atom. The van der Waals surface area contributed by atoms with E-state index in [0.29, 0.717) is 23.4 Å². The summed E-state index contributed by atoms with van der Waals surface area (Å²) in [5.74, 6) is 0.302. The number of aromatic nitrogens is 1. The van der Waals surface area contributed by atoms with Gasteiger partial charge < -0.3 is 9.15 Å². The smallest absolute Gasteiger partial charge is 0.397 e. The SMILES string of the molecule is CCCOc1nc2cccc(C(C)CC)c2c(=O)o1. The molecule has 1 aromatic carbocycles. The van der Waals surface area contributed by atoms with E-state index >= 15 is 0 Å². The van der Waals surface area contributed by atoms with E-state index in [1.54, 1.807) is 0 Å². The fourth-order valence-corrected chi connectivity index (χ4v) is 2.01. The van der Waals surface area contributed by atoms with Crippen molar-refractivity contribution in [2.75, 3.05) is 6.61 Å². The number of rotatable bonds is 5. The molecule has 19 heavy (non-hydrogen) atoms. The third-order valence-electron chi connectivity index (χ3n) is 3.24. The molecule has 4 nitrogen and oxygen atoms in total. The number of ether oxygens (including phenoxy) is 1. The summed E-state index contributed by atoms with van der Waals surface area (Å²) >= 11 is 0. The van der Waals surface area contributed by atoms with Crippen LogP contribution in [0.5, 0.6) is 6.08 Å². The number of fused-ring (bicyclic) bond motifs is 1. The Kier molecular flexibility index (Phi) is 4.20. The molecule has 2 aromatic rings. The van der Waals surface area contributed by atoms with Crippen LogP contribution in [-0.2, 0) is 0 Å². The molecular formula is C15H19NO3. The summed E-state index contributed by atoms with van der Waals surface area (Å²) in [5.41, 5.74) is 1.26. The van der Waals surface area contributed by atoms with Crippen LogP contribution in [0.2, 0.25) is 0 Å². The van der Waals surface area contributed by atoms with Crippen LogP contribution in [-0.4, -0.2) is 11.6 Å². The summed E-state index contributed by atoms with van der Waals surface area (Å²) in [6.07, 6.45) is 1.86. The monoisotopic (exact) mass is 261 g/mol. The molecule has 0 spiro atoms. The quantitative estimate of drug-likeness (QED) is 0.826. The molecule has 0 aliphatic carbocycles. The fourth-order valence-electron chi connectivity index (χ4n) is 2.01. The van der Waals surface area contributed by atoms with Crippen LogP contribution < -0.4 is 10.4 Å². The van der Waals surface area contributed by atoms with Crippen molar-refractivity contribution >= 4 is 10.9 Å². The molecule has 2 rings (SSSR count). The first-order valence-corrected chi connectivity index (χ1v) is 6.73. The van der Waals surface area contributed by atoms with Crippen molar-refractivity contribution in [2.24, 2.45) is 0 Å². The molecule has 0 saturated heterocycles. The largest absolute Gasteiger partial charge is 0.450 e. The van der Waals surface area contributed by atoms with E-state index < -0.39 is 0 Å². The zero-order valence-electron chi connectivity index (χ0n) is 11.6. The van der Waals surface area contributed by atoms with Crippen molar-refractivity contribution in [1.82, 2.24) is 4.98 Å². The van der Waals surface area contributed by atoms with Crippen molar-refractivity contribution in [3.05, 3.63) is 34.2 Å². The highest BCUT2D eigenvalue weighted by Gasteiger charge is 2.14. The highest BCUT2D eigenvalue weighted by Crippen LogP contribution is 2.25. The number of nitrogens with zero attached hydrogens (tertiary/aromatic N) is 1. The van der Waals surface area contributed by atoms with Gasteiger partial charge in [0.15, 0.2) is 0 Å². The van der Waals surface area contributed by atoms with Crippen LogP contribution in [0.3, 0.4) is 0 Å². The first-order valence-electron chi connectivity index (χ1n) is 6.73. The van der Waals surface area contributed by atoms with Gasteiger partial charge in [0.2, 0.25) is 0 Å². The lowest BCUT2D eigenvalue weighted by Crippen LogP contribution is -2.09. The molecule has 0 amide bonds. The molecule has 1 unspecified atom stereocenters. The molecular weight excluding hydrogens is 242 g/mol. The zero-order chi connectivity index (χ0) is 13.8. The van der Waals surface area contributed by atoms with Crippen LogP contribution in [0.4, 0.5) is 0 Å². The van der Waals surface area contributed by atoms with Gasteiger partial charge in [-0.15, -0.1) is 0 Å². The predicted molar refractivity (Wildman–Crippen MR) is 74.8 cm³/mol. The van der Waals surface area contributed by atoms with Crippen LogP contribution in [0, 0.1) is 0 Å². The van der Waals surface area contributed by atoms with Crippen LogP contribution >= 0.6 is 0 Å². The summed E-state index contributed by atoms with van der Waals surface area (Å²) in [5, 5.41) is 0.570. The van der Waals surface area contributed by atoms with Crippen LogP contribution in [0.25, 0.3) is 10.9 Å². The lowest BCUT2D eigenvalue weighted by atomic mass is 9.95. The number of hydrogen-bond acceptors (Lipinski definition) is 4. The van der Waals surface area contributed by atoms with Crippen molar-refractivity contribution in [2.45, 2.75) is 39.5 Å². The van der Waals surface area contributed by atoms with Crippen LogP contribution in [0.15, 0.2) is 27.4 Å². The second-order valence-electron chi connectivity index (χ2n) is 4.67. The lowest BCUT2D eigenvalue weighted by molar-refractivity contribution is 0.217. The lowest BCUT2D eigenvalue weighted by Gasteiger charge is -2.11. The molecule has 1 atom stereocenters. The molecule has 0 bridgehead atoms. The van der Waals surface area contributed by atoms with Crippen molar-refractivity contribution < 1.29 is 9.15 Å². The third kappa shape index (κ3) is 2.78. The topological polar surface area (TPSA) is 52.3 Å². The summed E-state index contributed by atoms with van der Waals surface area (Å²) in [6.45, 7) is 6.67. The van der Waals surface area contributed by atoms with Gasteiger partial charge in [0.25, 0.3) is 0 Å². The van der Waals surface area contributed by atoms with E-state index in [1.165, 1.54) is 0 Å². The molecule has 1 heterocycles. The minimum absolute atomic E-state index is 0.0562. The highest BCUT2D eigenvalue weighted by molar-refractivity contribution is 5.81. The minimum Gasteiger partial charge on any atom is -0.450 e. The minimum atomic E-state index is -0.369. The molecule has 0 saturated carbocycles. The van der Waals surface area contributed by atoms with Crippen molar-refractivity contribution in [3.63, 3.8) is 0 Å². The van der Waals surface area contributed by atoms with E-state index in [1.807, 2.05) is 25.1 Å².